The maximum atomic E-state index is 13.3. The molecular weight excluding hydrogens is 462 g/mol. The number of methoxy groups -OCH3 is 1. The molecular formula is C30H33N5O2. The van der Waals surface area contributed by atoms with Gasteiger partial charge in [-0.2, -0.15) is 5.10 Å². The second kappa shape index (κ2) is 11.8. The van der Waals surface area contributed by atoms with E-state index in [1.54, 1.807) is 19.5 Å². The van der Waals surface area contributed by atoms with Crippen LogP contribution in [0.1, 0.15) is 44.9 Å². The molecule has 1 N–H and O–H groups in total. The van der Waals surface area contributed by atoms with Gasteiger partial charge in [0.15, 0.2) is 5.69 Å². The van der Waals surface area contributed by atoms with Crippen molar-refractivity contribution >= 4 is 5.91 Å². The number of aryl methyl sites for hydroxylation is 1. The van der Waals surface area contributed by atoms with E-state index in [9.17, 15) is 4.79 Å². The lowest BCUT2D eigenvalue weighted by molar-refractivity contribution is 0.0945. The Kier molecular flexibility index (Phi) is 7.91. The monoisotopic (exact) mass is 495 g/mol. The topological polar surface area (TPSA) is 72.3 Å². The molecule has 0 bridgehead atoms. The molecule has 2 aromatic heterocycles. The van der Waals surface area contributed by atoms with Crippen molar-refractivity contribution in [3.63, 3.8) is 0 Å². The highest BCUT2D eigenvalue weighted by molar-refractivity contribution is 5.94. The van der Waals surface area contributed by atoms with Crippen LogP contribution in [0.25, 0.3) is 0 Å². The van der Waals surface area contributed by atoms with Crippen molar-refractivity contribution in [3.05, 3.63) is 113 Å². The molecule has 0 aliphatic carbocycles. The van der Waals surface area contributed by atoms with Gasteiger partial charge in [-0.05, 0) is 53.8 Å². The van der Waals surface area contributed by atoms with Crippen LogP contribution in [0.3, 0.4) is 0 Å². The van der Waals surface area contributed by atoms with Gasteiger partial charge in [0.2, 0.25) is 0 Å². The van der Waals surface area contributed by atoms with E-state index in [1.807, 2.05) is 47.1 Å². The summed E-state index contributed by atoms with van der Waals surface area (Å²) in [5, 5.41) is 7.95. The van der Waals surface area contributed by atoms with Crippen LogP contribution >= 0.6 is 0 Å². The van der Waals surface area contributed by atoms with Gasteiger partial charge in [0.1, 0.15) is 5.75 Å². The van der Waals surface area contributed by atoms with Crippen molar-refractivity contribution in [3.8, 4) is 5.75 Å². The van der Waals surface area contributed by atoms with Crippen LogP contribution in [0.4, 0.5) is 0 Å². The number of amides is 1. The molecule has 0 spiro atoms. The van der Waals surface area contributed by atoms with Gasteiger partial charge < -0.3 is 10.1 Å². The van der Waals surface area contributed by atoms with E-state index in [2.05, 4.69) is 39.5 Å². The number of nitrogens with one attached hydrogen (secondary N) is 1. The lowest BCUT2D eigenvalue weighted by Crippen LogP contribution is -2.32. The normalized spacial score (nSPS) is 13.2. The molecule has 0 saturated heterocycles. The summed E-state index contributed by atoms with van der Waals surface area (Å²) in [6, 6.07) is 22.5. The molecule has 1 aliphatic heterocycles. The summed E-state index contributed by atoms with van der Waals surface area (Å²) in [7, 11) is 1.68. The number of aromatic nitrogens is 3. The molecule has 190 valence electrons. The van der Waals surface area contributed by atoms with Crippen molar-refractivity contribution in [1.82, 2.24) is 25.0 Å². The maximum Gasteiger partial charge on any atom is 0.272 e. The summed E-state index contributed by atoms with van der Waals surface area (Å²) in [6.45, 7) is 3.68. The van der Waals surface area contributed by atoms with Crippen LogP contribution in [-0.2, 0) is 32.5 Å². The van der Waals surface area contributed by atoms with Gasteiger partial charge >= 0.3 is 0 Å². The summed E-state index contributed by atoms with van der Waals surface area (Å²) >= 11 is 0. The Balaban J connectivity index is 1.30. The Morgan fingerprint density at radius 1 is 0.946 bits per heavy atom. The number of carbonyl (C=O) groups excluding carboxylic acids is 1. The van der Waals surface area contributed by atoms with Crippen molar-refractivity contribution in [2.75, 3.05) is 20.2 Å². The fraction of sp³-hybridized carbons (Fsp3) is 0.300. The molecule has 0 fully saturated rings. The van der Waals surface area contributed by atoms with Gasteiger partial charge in [-0.3, -0.25) is 19.4 Å². The lowest BCUT2D eigenvalue weighted by Gasteiger charge is -2.28. The summed E-state index contributed by atoms with van der Waals surface area (Å²) in [4.78, 5) is 19.8. The Morgan fingerprint density at radius 3 is 2.46 bits per heavy atom. The standard InChI is InChI=1S/C30H33N5O2/c1-37-26-11-9-24(10-12-26)20-34-19-15-28-27(22-34)29(33-35(28)21-25-13-17-31-18-14-25)30(36)32-16-5-8-23-6-3-2-4-7-23/h2-4,6-7,9-14,17-18H,5,8,15-16,19-22H2,1H3,(H,32,36). The van der Waals surface area contributed by atoms with Gasteiger partial charge in [-0.1, -0.05) is 42.5 Å². The SMILES string of the molecule is COc1ccc(CN2CCc3c(c(C(=O)NCCCc4ccccc4)nn3Cc3ccncc3)C2)cc1. The third-order valence-electron chi connectivity index (χ3n) is 6.85. The molecule has 0 atom stereocenters. The predicted molar refractivity (Wildman–Crippen MR) is 143 cm³/mol. The van der Waals surface area contributed by atoms with Crippen molar-refractivity contribution < 1.29 is 9.53 Å². The minimum absolute atomic E-state index is 0.0934. The highest BCUT2D eigenvalue weighted by atomic mass is 16.5. The molecule has 4 aromatic rings. The fourth-order valence-electron chi connectivity index (χ4n) is 4.87. The molecule has 5 rings (SSSR count). The summed E-state index contributed by atoms with van der Waals surface area (Å²) in [5.74, 6) is 0.761. The second-order valence-electron chi connectivity index (χ2n) is 9.44. The van der Waals surface area contributed by atoms with Crippen LogP contribution in [0.5, 0.6) is 5.75 Å². The van der Waals surface area contributed by atoms with Crippen LogP contribution < -0.4 is 10.1 Å². The lowest BCUT2D eigenvalue weighted by atomic mass is 10.0. The van der Waals surface area contributed by atoms with Crippen LogP contribution in [0.15, 0.2) is 79.1 Å². The van der Waals surface area contributed by atoms with Crippen molar-refractivity contribution in [2.45, 2.75) is 38.9 Å². The highest BCUT2D eigenvalue weighted by Gasteiger charge is 2.28. The quantitative estimate of drug-likeness (QED) is 0.333. The summed E-state index contributed by atoms with van der Waals surface area (Å²) in [5.41, 5.74) is 6.36. The summed E-state index contributed by atoms with van der Waals surface area (Å²) < 4.78 is 7.30. The van der Waals surface area contributed by atoms with Gasteiger partial charge in [0, 0.05) is 56.3 Å². The minimum atomic E-state index is -0.0934. The minimum Gasteiger partial charge on any atom is -0.497 e. The molecule has 3 heterocycles. The smallest absolute Gasteiger partial charge is 0.272 e. The van der Waals surface area contributed by atoms with Crippen LogP contribution in [0, 0.1) is 0 Å². The number of benzene rings is 2. The first-order valence-electron chi connectivity index (χ1n) is 12.8. The van der Waals surface area contributed by atoms with Gasteiger partial charge in [0.05, 0.1) is 13.7 Å². The van der Waals surface area contributed by atoms with E-state index in [0.29, 0.717) is 25.3 Å². The molecule has 1 amide bonds. The maximum absolute atomic E-state index is 13.3. The Bertz CT molecular complexity index is 1300. The van der Waals surface area contributed by atoms with Crippen LogP contribution in [0.2, 0.25) is 0 Å². The van der Waals surface area contributed by atoms with E-state index in [-0.39, 0.29) is 5.91 Å². The first-order chi connectivity index (χ1) is 18.2. The number of pyridine rings is 1. The van der Waals surface area contributed by atoms with E-state index in [0.717, 1.165) is 54.9 Å². The zero-order valence-electron chi connectivity index (χ0n) is 21.3. The molecule has 2 aromatic carbocycles. The first-order valence-corrected chi connectivity index (χ1v) is 12.8. The van der Waals surface area contributed by atoms with Crippen LogP contribution in [-0.4, -0.2) is 45.8 Å². The van der Waals surface area contributed by atoms with E-state index in [1.165, 1.54) is 11.1 Å². The Morgan fingerprint density at radius 2 is 1.70 bits per heavy atom. The Hall–Kier alpha value is -3.97. The molecule has 7 nitrogen and oxygen atoms in total. The van der Waals surface area contributed by atoms with Crippen molar-refractivity contribution in [2.24, 2.45) is 0 Å². The molecule has 0 radical (unpaired) electrons. The average Bonchev–Trinajstić information content (AvgIpc) is 3.30. The van der Waals surface area contributed by atoms with Gasteiger partial charge in [0.25, 0.3) is 5.91 Å². The first kappa shape index (κ1) is 24.7. The number of hydrogen-bond donors (Lipinski definition) is 1. The molecule has 0 unspecified atom stereocenters. The third-order valence-corrected chi connectivity index (χ3v) is 6.85. The zero-order chi connectivity index (χ0) is 25.5. The fourth-order valence-corrected chi connectivity index (χ4v) is 4.87. The predicted octanol–water partition coefficient (Wildman–Crippen LogP) is 4.26. The third kappa shape index (κ3) is 6.24. The molecule has 1 aliphatic rings. The number of ether oxygens (including phenoxy) is 1. The number of rotatable bonds is 10. The molecule has 7 heteroatoms. The van der Waals surface area contributed by atoms with E-state index < -0.39 is 0 Å². The molecule has 0 saturated carbocycles. The van der Waals surface area contributed by atoms with Crippen molar-refractivity contribution in [1.29, 1.82) is 0 Å². The number of hydrogen-bond acceptors (Lipinski definition) is 5. The Labute approximate surface area is 218 Å². The van der Waals surface area contributed by atoms with Gasteiger partial charge in [-0.25, -0.2) is 0 Å². The largest absolute Gasteiger partial charge is 0.497 e. The number of fused-ring (bicyclic) bond motifs is 1. The number of carbonyl (C=O) groups is 1. The zero-order valence-corrected chi connectivity index (χ0v) is 21.3. The second-order valence-corrected chi connectivity index (χ2v) is 9.44. The number of nitrogens with zero attached hydrogens (tertiary/aromatic N) is 4. The molecule has 37 heavy (non-hydrogen) atoms. The highest BCUT2D eigenvalue weighted by Crippen LogP contribution is 2.25. The van der Waals surface area contributed by atoms with E-state index in [4.69, 9.17) is 9.84 Å². The average molecular weight is 496 g/mol. The van der Waals surface area contributed by atoms with E-state index >= 15 is 0 Å². The summed E-state index contributed by atoms with van der Waals surface area (Å²) in [6.07, 6.45) is 6.26. The van der Waals surface area contributed by atoms with Gasteiger partial charge in [-0.15, -0.1) is 0 Å².